The van der Waals surface area contributed by atoms with Crippen molar-refractivity contribution in [2.75, 3.05) is 6.54 Å². The van der Waals surface area contributed by atoms with Gasteiger partial charge in [0.15, 0.2) is 5.78 Å². The molecule has 0 bridgehead atoms. The zero-order valence-corrected chi connectivity index (χ0v) is 38.3. The molecule has 6 saturated carbocycles. The summed E-state index contributed by atoms with van der Waals surface area (Å²) in [5.41, 5.74) is 1.03. The summed E-state index contributed by atoms with van der Waals surface area (Å²) in [4.78, 5) is 66.8. The van der Waals surface area contributed by atoms with E-state index in [0.29, 0.717) is 48.2 Å². The van der Waals surface area contributed by atoms with Gasteiger partial charge in [0, 0.05) is 40.8 Å². The van der Waals surface area contributed by atoms with Crippen molar-refractivity contribution in [3.63, 3.8) is 0 Å². The van der Waals surface area contributed by atoms with Crippen molar-refractivity contribution in [3.05, 3.63) is 46.0 Å². The number of carbonyl (C=O) groups excluding carboxylic acids is 4. The second kappa shape index (κ2) is 14.4. The molecule has 7 aliphatic carbocycles. The summed E-state index contributed by atoms with van der Waals surface area (Å²) in [6.45, 7) is 20.6. The molecule has 60 heavy (non-hydrogen) atoms. The third-order valence-corrected chi connectivity index (χ3v) is 19.3. The number of ketones is 1. The molecule has 0 saturated heterocycles. The van der Waals surface area contributed by atoms with Gasteiger partial charge in [-0.25, -0.2) is 0 Å². The summed E-state index contributed by atoms with van der Waals surface area (Å²) in [5.74, 6) is -0.855. The minimum Gasteiger partial charge on any atom is -0.481 e. The number of carbonyl (C=O) groups is 5. The first kappa shape index (κ1) is 43.4. The molecule has 1 aromatic rings. The molecule has 0 aromatic heterocycles. The number of carboxylic acids is 1. The van der Waals surface area contributed by atoms with E-state index in [-0.39, 0.29) is 63.2 Å². The summed E-state index contributed by atoms with van der Waals surface area (Å²) in [6.07, 6.45) is 10.2. The van der Waals surface area contributed by atoms with Crippen LogP contribution in [-0.4, -0.2) is 52.8 Å². The number of ether oxygens (including phenoxy) is 1. The molecule has 10 atom stereocenters. The van der Waals surface area contributed by atoms with Crippen LogP contribution in [0, 0.1) is 68.0 Å². The number of nitrogens with one attached hydrogen (secondary N) is 2. The van der Waals surface area contributed by atoms with E-state index in [4.69, 9.17) is 16.3 Å². The summed E-state index contributed by atoms with van der Waals surface area (Å²) in [6, 6.07) is 6.83. The van der Waals surface area contributed by atoms with Gasteiger partial charge in [-0.05, 0) is 146 Å². The van der Waals surface area contributed by atoms with E-state index in [1.807, 2.05) is 13.8 Å². The lowest BCUT2D eigenvalue weighted by Crippen LogP contribution is -2.66. The van der Waals surface area contributed by atoms with Crippen LogP contribution in [0.15, 0.2) is 35.4 Å². The lowest BCUT2D eigenvalue weighted by atomic mass is 9.33. The first-order chi connectivity index (χ1) is 27.9. The molecule has 2 amide bonds. The molecule has 9 nitrogen and oxygen atoms in total. The number of allylic oxidation sites excluding steroid dienone is 2. The first-order valence-corrected chi connectivity index (χ1v) is 23.4. The topological polar surface area (TPSA) is 139 Å². The molecule has 7 aliphatic rings. The summed E-state index contributed by atoms with van der Waals surface area (Å²) in [5, 5.41) is 16.6. The second-order valence-corrected chi connectivity index (χ2v) is 23.4. The largest absolute Gasteiger partial charge is 0.481 e. The highest BCUT2D eigenvalue weighted by Crippen LogP contribution is 2.77. The molecule has 10 heteroatoms. The van der Waals surface area contributed by atoms with Crippen LogP contribution < -0.4 is 10.6 Å². The molecule has 328 valence electrons. The average Bonchev–Trinajstić information content (AvgIpc) is 3.85. The summed E-state index contributed by atoms with van der Waals surface area (Å²) >= 11 is 6.04. The third kappa shape index (κ3) is 6.53. The number of halogens is 1. The number of Topliss-reactive ketones (excluding diaryl/α,β-unsaturated/α-hetero) is 1. The maximum absolute atomic E-state index is 14.2. The van der Waals surface area contributed by atoms with Crippen molar-refractivity contribution >= 4 is 41.1 Å². The lowest BCUT2D eigenvalue weighted by Gasteiger charge is -2.72. The van der Waals surface area contributed by atoms with Gasteiger partial charge in [-0.2, -0.15) is 0 Å². The number of esters is 1. The van der Waals surface area contributed by atoms with Crippen LogP contribution in [0.5, 0.6) is 0 Å². The van der Waals surface area contributed by atoms with Gasteiger partial charge in [-0.3, -0.25) is 24.0 Å². The highest BCUT2D eigenvalue weighted by Gasteiger charge is 2.70. The molecule has 1 aromatic carbocycles. The van der Waals surface area contributed by atoms with Gasteiger partial charge < -0.3 is 20.5 Å². The Balaban J connectivity index is 0.990. The minimum absolute atomic E-state index is 0.0261. The standard InChI is InChI=1S/C50H69ClN2O7/c1-28(2)39-34(54)25-49(26-38(55)52-27-50(22-23-50)53-41(56)29-10-12-30(51)13-11-29)21-20-47(8)31(40(39)49)14-15-36-46(7)18-17-37(45(5,6)35(46)16-19-48(36,47)9)60-43(59)33-24-32(42(57)58)44(33,3)4/h10-13,28,31-33,35-37H,14-27H2,1-9H3,(H,52,55)(H,53,56)(H,57,58)/t31-,32+,33-,35+,36-,37+,46+,47-,48-,49+/m1/s1. The number of carboxylic acid groups (broad SMARTS) is 1. The lowest BCUT2D eigenvalue weighted by molar-refractivity contribution is -0.236. The monoisotopic (exact) mass is 844 g/mol. The minimum atomic E-state index is -0.839. The Morgan fingerprint density at radius 3 is 2.12 bits per heavy atom. The van der Waals surface area contributed by atoms with E-state index in [1.165, 1.54) is 5.57 Å². The molecule has 0 radical (unpaired) electrons. The molecule has 0 heterocycles. The molecule has 8 rings (SSSR count). The van der Waals surface area contributed by atoms with Crippen LogP contribution in [0.25, 0.3) is 0 Å². The van der Waals surface area contributed by atoms with Crippen LogP contribution in [0.4, 0.5) is 0 Å². The van der Waals surface area contributed by atoms with Crippen LogP contribution >= 0.6 is 11.6 Å². The van der Waals surface area contributed by atoms with Crippen molar-refractivity contribution in [2.24, 2.45) is 68.0 Å². The fourth-order valence-corrected chi connectivity index (χ4v) is 15.3. The molecular weight excluding hydrogens is 776 g/mol. The van der Waals surface area contributed by atoms with Gasteiger partial charge in [0.25, 0.3) is 5.91 Å². The number of aliphatic carboxylic acids is 1. The normalized spacial score (nSPS) is 39.3. The van der Waals surface area contributed by atoms with Crippen molar-refractivity contribution < 1.29 is 33.8 Å². The smallest absolute Gasteiger partial charge is 0.309 e. The summed E-state index contributed by atoms with van der Waals surface area (Å²) < 4.78 is 6.42. The third-order valence-electron chi connectivity index (χ3n) is 19.1. The van der Waals surface area contributed by atoms with Crippen molar-refractivity contribution in [2.45, 2.75) is 157 Å². The van der Waals surface area contributed by atoms with Crippen LogP contribution in [0.2, 0.25) is 5.02 Å². The predicted octanol–water partition coefficient (Wildman–Crippen LogP) is 9.75. The number of hydrogen-bond acceptors (Lipinski definition) is 6. The van der Waals surface area contributed by atoms with Gasteiger partial charge in [0.1, 0.15) is 6.10 Å². The fourth-order valence-electron chi connectivity index (χ4n) is 15.2. The molecule has 0 spiro atoms. The molecule has 0 aliphatic heterocycles. The predicted molar refractivity (Wildman–Crippen MR) is 231 cm³/mol. The number of fused-ring (bicyclic) bond motifs is 7. The molecular formula is C50H69ClN2O7. The number of amides is 2. The van der Waals surface area contributed by atoms with Crippen molar-refractivity contribution in [1.82, 2.24) is 10.6 Å². The van der Waals surface area contributed by atoms with Gasteiger partial charge in [-0.1, -0.05) is 79.5 Å². The summed E-state index contributed by atoms with van der Waals surface area (Å²) in [7, 11) is 0. The van der Waals surface area contributed by atoms with Crippen molar-refractivity contribution in [1.29, 1.82) is 0 Å². The number of benzene rings is 1. The van der Waals surface area contributed by atoms with Gasteiger partial charge in [0.05, 0.1) is 17.4 Å². The maximum atomic E-state index is 14.2. The van der Waals surface area contributed by atoms with Gasteiger partial charge in [-0.15, -0.1) is 0 Å². The van der Waals surface area contributed by atoms with E-state index >= 15 is 0 Å². The van der Waals surface area contributed by atoms with E-state index in [9.17, 15) is 29.1 Å². The van der Waals surface area contributed by atoms with Crippen molar-refractivity contribution in [3.8, 4) is 0 Å². The first-order valence-electron chi connectivity index (χ1n) is 23.0. The van der Waals surface area contributed by atoms with E-state index in [1.54, 1.807) is 24.3 Å². The Hall–Kier alpha value is -3.20. The Morgan fingerprint density at radius 2 is 1.50 bits per heavy atom. The van der Waals surface area contributed by atoms with Crippen LogP contribution in [-0.2, 0) is 23.9 Å². The average molecular weight is 846 g/mol. The Bertz CT molecular complexity index is 2020. The van der Waals surface area contributed by atoms with E-state index in [0.717, 1.165) is 69.8 Å². The zero-order valence-electron chi connectivity index (χ0n) is 37.5. The fraction of sp³-hybridized carbons (Fsp3) is 0.740. The Labute approximate surface area is 362 Å². The maximum Gasteiger partial charge on any atom is 0.309 e. The molecule has 3 N–H and O–H groups in total. The van der Waals surface area contributed by atoms with E-state index in [2.05, 4.69) is 59.1 Å². The highest BCUT2D eigenvalue weighted by atomic mass is 35.5. The van der Waals surface area contributed by atoms with Crippen LogP contribution in [0.3, 0.4) is 0 Å². The number of rotatable bonds is 10. The number of hydrogen-bond donors (Lipinski definition) is 3. The quantitative estimate of drug-likeness (QED) is 0.199. The highest BCUT2D eigenvalue weighted by molar-refractivity contribution is 6.30. The second-order valence-electron chi connectivity index (χ2n) is 23.0. The molecule has 6 fully saturated rings. The Kier molecular flexibility index (Phi) is 10.4. The van der Waals surface area contributed by atoms with Crippen LogP contribution in [0.1, 0.15) is 156 Å². The molecule has 0 unspecified atom stereocenters. The zero-order chi connectivity index (χ0) is 43.6. The van der Waals surface area contributed by atoms with Gasteiger partial charge >= 0.3 is 11.9 Å². The van der Waals surface area contributed by atoms with E-state index < -0.39 is 34.2 Å². The SMILES string of the molecule is CC(C)C1=C2[C@H]3CC[C@@H]4[C@@]5(C)CC[C@H](OC(=O)[C@H]6C[C@@H](C(=O)O)C6(C)C)C(C)(C)[C@@H]5CC[C@@]4(C)[C@]3(C)CC[C@@]2(CC(=O)NCC2(NC(=O)c3ccc(Cl)cc3)CC2)CC1=O. The Morgan fingerprint density at radius 1 is 0.817 bits per heavy atom. The van der Waals surface area contributed by atoms with Gasteiger partial charge in [0.2, 0.25) is 5.91 Å².